The summed E-state index contributed by atoms with van der Waals surface area (Å²) >= 11 is 1.91. The average molecular weight is 181 g/mol. The lowest BCUT2D eigenvalue weighted by molar-refractivity contribution is 0.570. The molecule has 1 aromatic heterocycles. The highest BCUT2D eigenvalue weighted by Gasteiger charge is 2.22. The highest BCUT2D eigenvalue weighted by Crippen LogP contribution is 2.37. The van der Waals surface area contributed by atoms with Crippen LogP contribution < -0.4 is 5.73 Å². The number of nitrogens with two attached hydrogens (primary N) is 1. The smallest absolute Gasteiger partial charge is 0.0308 e. The van der Waals surface area contributed by atoms with Crippen LogP contribution in [0.5, 0.6) is 0 Å². The SMILES string of the molecule is Cc1sc(C)c2c1CCC[C@@H]2N. The summed E-state index contributed by atoms with van der Waals surface area (Å²) in [5.74, 6) is 0. The van der Waals surface area contributed by atoms with Crippen LogP contribution in [-0.2, 0) is 6.42 Å². The molecule has 1 nitrogen and oxygen atoms in total. The minimum absolute atomic E-state index is 0.318. The molecule has 2 N–H and O–H groups in total. The second kappa shape index (κ2) is 2.86. The molecular weight excluding hydrogens is 166 g/mol. The summed E-state index contributed by atoms with van der Waals surface area (Å²) in [7, 11) is 0. The predicted molar refractivity (Wildman–Crippen MR) is 53.7 cm³/mol. The van der Waals surface area contributed by atoms with Gasteiger partial charge in [0.25, 0.3) is 0 Å². The molecule has 0 fully saturated rings. The highest BCUT2D eigenvalue weighted by molar-refractivity contribution is 7.12. The molecule has 0 unspecified atom stereocenters. The van der Waals surface area contributed by atoms with Crippen molar-refractivity contribution in [2.75, 3.05) is 0 Å². The normalized spacial score (nSPS) is 22.4. The molecule has 0 spiro atoms. The van der Waals surface area contributed by atoms with E-state index in [2.05, 4.69) is 13.8 Å². The zero-order chi connectivity index (χ0) is 8.72. The van der Waals surface area contributed by atoms with E-state index >= 15 is 0 Å². The van der Waals surface area contributed by atoms with Crippen molar-refractivity contribution in [1.29, 1.82) is 0 Å². The van der Waals surface area contributed by atoms with Gasteiger partial charge in [-0.05, 0) is 44.2 Å². The van der Waals surface area contributed by atoms with Crippen LogP contribution >= 0.6 is 11.3 Å². The number of fused-ring (bicyclic) bond motifs is 1. The van der Waals surface area contributed by atoms with E-state index in [4.69, 9.17) is 5.73 Å². The van der Waals surface area contributed by atoms with E-state index in [-0.39, 0.29) is 0 Å². The molecule has 2 rings (SSSR count). The Morgan fingerprint density at radius 1 is 1.33 bits per heavy atom. The summed E-state index contributed by atoms with van der Waals surface area (Å²) < 4.78 is 0. The largest absolute Gasteiger partial charge is 0.324 e. The predicted octanol–water partition coefficient (Wildman–Crippen LogP) is 2.70. The molecule has 0 radical (unpaired) electrons. The molecule has 0 saturated carbocycles. The molecule has 1 atom stereocenters. The zero-order valence-electron chi connectivity index (χ0n) is 7.68. The van der Waals surface area contributed by atoms with Gasteiger partial charge in [0.05, 0.1) is 0 Å². The number of thiophene rings is 1. The highest BCUT2D eigenvalue weighted by atomic mass is 32.1. The van der Waals surface area contributed by atoms with Gasteiger partial charge in [-0.25, -0.2) is 0 Å². The molecule has 12 heavy (non-hydrogen) atoms. The van der Waals surface area contributed by atoms with Crippen LogP contribution in [0, 0.1) is 13.8 Å². The molecule has 1 aliphatic carbocycles. The molecule has 0 amide bonds. The molecule has 0 aromatic carbocycles. The lowest BCUT2D eigenvalue weighted by Crippen LogP contribution is -2.16. The van der Waals surface area contributed by atoms with Crippen molar-refractivity contribution in [3.63, 3.8) is 0 Å². The van der Waals surface area contributed by atoms with Crippen molar-refractivity contribution < 1.29 is 0 Å². The van der Waals surface area contributed by atoms with E-state index in [0.717, 1.165) is 0 Å². The Bertz CT molecular complexity index is 301. The van der Waals surface area contributed by atoms with E-state index in [1.807, 2.05) is 11.3 Å². The Balaban J connectivity index is 2.55. The second-order valence-electron chi connectivity index (χ2n) is 3.61. The van der Waals surface area contributed by atoms with E-state index < -0.39 is 0 Å². The van der Waals surface area contributed by atoms with Gasteiger partial charge in [-0.3, -0.25) is 0 Å². The van der Waals surface area contributed by atoms with Crippen molar-refractivity contribution >= 4 is 11.3 Å². The average Bonchev–Trinajstić information content (AvgIpc) is 2.29. The van der Waals surface area contributed by atoms with Crippen LogP contribution in [-0.4, -0.2) is 0 Å². The maximum atomic E-state index is 6.07. The third-order valence-electron chi connectivity index (χ3n) is 2.75. The number of hydrogen-bond acceptors (Lipinski definition) is 2. The van der Waals surface area contributed by atoms with Crippen LogP contribution in [0.15, 0.2) is 0 Å². The molecule has 0 aliphatic heterocycles. The molecule has 0 bridgehead atoms. The number of rotatable bonds is 0. The molecule has 1 aromatic rings. The minimum atomic E-state index is 0.318. The Kier molecular flexibility index (Phi) is 1.97. The van der Waals surface area contributed by atoms with Gasteiger partial charge in [-0.2, -0.15) is 0 Å². The Labute approximate surface area is 77.6 Å². The molecule has 1 aliphatic rings. The summed E-state index contributed by atoms with van der Waals surface area (Å²) in [6.07, 6.45) is 3.69. The van der Waals surface area contributed by atoms with Crippen molar-refractivity contribution in [2.24, 2.45) is 5.73 Å². The monoisotopic (exact) mass is 181 g/mol. The van der Waals surface area contributed by atoms with Gasteiger partial charge >= 0.3 is 0 Å². The quantitative estimate of drug-likeness (QED) is 0.654. The third-order valence-corrected chi connectivity index (χ3v) is 3.83. The summed E-state index contributed by atoms with van der Waals surface area (Å²) in [5.41, 5.74) is 9.08. The third kappa shape index (κ3) is 1.10. The molecular formula is C10H15NS. The van der Waals surface area contributed by atoms with Crippen LogP contribution in [0.1, 0.15) is 39.8 Å². The zero-order valence-corrected chi connectivity index (χ0v) is 8.50. The maximum Gasteiger partial charge on any atom is 0.0308 e. The summed E-state index contributed by atoms with van der Waals surface area (Å²) in [6, 6.07) is 0.318. The van der Waals surface area contributed by atoms with Gasteiger partial charge in [0.15, 0.2) is 0 Å². The van der Waals surface area contributed by atoms with E-state index in [1.54, 1.807) is 5.56 Å². The molecule has 0 saturated heterocycles. The van der Waals surface area contributed by atoms with Crippen molar-refractivity contribution in [2.45, 2.75) is 39.2 Å². The van der Waals surface area contributed by atoms with Gasteiger partial charge in [-0.15, -0.1) is 11.3 Å². The molecule has 1 heterocycles. The summed E-state index contributed by atoms with van der Waals surface area (Å²) in [5, 5.41) is 0. The maximum absolute atomic E-state index is 6.07. The fraction of sp³-hybridized carbons (Fsp3) is 0.600. The van der Waals surface area contributed by atoms with Crippen LogP contribution in [0.3, 0.4) is 0 Å². The molecule has 66 valence electrons. The van der Waals surface area contributed by atoms with E-state index in [9.17, 15) is 0 Å². The summed E-state index contributed by atoms with van der Waals surface area (Å²) in [6.45, 7) is 4.41. The Morgan fingerprint density at radius 3 is 2.75 bits per heavy atom. The standard InChI is InChI=1S/C10H15NS/c1-6-8-4-3-5-9(11)10(8)7(2)12-6/h9H,3-5,11H2,1-2H3/t9-/m0/s1. The molecule has 2 heteroatoms. The lowest BCUT2D eigenvalue weighted by Gasteiger charge is -2.20. The van der Waals surface area contributed by atoms with Gasteiger partial charge in [0.2, 0.25) is 0 Å². The van der Waals surface area contributed by atoms with Crippen LogP contribution in [0.2, 0.25) is 0 Å². The first-order valence-electron chi connectivity index (χ1n) is 4.54. The van der Waals surface area contributed by atoms with Gasteiger partial charge in [0, 0.05) is 15.8 Å². The Morgan fingerprint density at radius 2 is 2.08 bits per heavy atom. The summed E-state index contributed by atoms with van der Waals surface area (Å²) in [4.78, 5) is 2.92. The van der Waals surface area contributed by atoms with E-state index in [1.165, 1.54) is 34.6 Å². The van der Waals surface area contributed by atoms with Crippen LogP contribution in [0.4, 0.5) is 0 Å². The van der Waals surface area contributed by atoms with Gasteiger partial charge in [0.1, 0.15) is 0 Å². The van der Waals surface area contributed by atoms with E-state index in [0.29, 0.717) is 6.04 Å². The number of hydrogen-bond donors (Lipinski definition) is 1. The first-order chi connectivity index (χ1) is 5.70. The van der Waals surface area contributed by atoms with Crippen LogP contribution in [0.25, 0.3) is 0 Å². The second-order valence-corrected chi connectivity index (χ2v) is 5.03. The first kappa shape index (κ1) is 8.27. The van der Waals surface area contributed by atoms with Crippen molar-refractivity contribution in [3.8, 4) is 0 Å². The first-order valence-corrected chi connectivity index (χ1v) is 5.36. The minimum Gasteiger partial charge on any atom is -0.324 e. The fourth-order valence-electron chi connectivity index (χ4n) is 2.19. The Hall–Kier alpha value is -0.340. The van der Waals surface area contributed by atoms with Crippen molar-refractivity contribution in [3.05, 3.63) is 20.9 Å². The fourth-order valence-corrected chi connectivity index (χ4v) is 3.37. The number of aryl methyl sites for hydroxylation is 2. The topological polar surface area (TPSA) is 26.0 Å². The van der Waals surface area contributed by atoms with Gasteiger partial charge < -0.3 is 5.73 Å². The van der Waals surface area contributed by atoms with Crippen molar-refractivity contribution in [1.82, 2.24) is 0 Å². The van der Waals surface area contributed by atoms with Gasteiger partial charge in [-0.1, -0.05) is 0 Å². The lowest BCUT2D eigenvalue weighted by atomic mass is 9.89.